The Hall–Kier alpha value is -3.20. The Morgan fingerprint density at radius 3 is 2.61 bits per heavy atom. The third kappa shape index (κ3) is 5.08. The van der Waals surface area contributed by atoms with Crippen molar-refractivity contribution in [2.75, 3.05) is 32.6 Å². The van der Waals surface area contributed by atoms with Crippen molar-refractivity contribution in [3.63, 3.8) is 0 Å². The number of hydrogen-bond acceptors (Lipinski definition) is 6. The molecule has 0 saturated carbocycles. The quantitative estimate of drug-likeness (QED) is 0.632. The lowest BCUT2D eigenvalue weighted by molar-refractivity contribution is -0.137. The number of methoxy groups -OCH3 is 2. The molecular weight excluding hydrogens is 442 g/mol. The summed E-state index contributed by atoms with van der Waals surface area (Å²) in [6.07, 6.45) is 1.12. The van der Waals surface area contributed by atoms with Gasteiger partial charge in [-0.3, -0.25) is 14.4 Å². The molecule has 174 valence electrons. The molecule has 2 aliphatic rings. The van der Waals surface area contributed by atoms with Crippen molar-refractivity contribution in [1.29, 1.82) is 0 Å². The van der Waals surface area contributed by atoms with Gasteiger partial charge in [-0.2, -0.15) is 0 Å². The maximum Gasteiger partial charge on any atom is 0.247 e. The number of para-hydroxylation sites is 1. The van der Waals surface area contributed by atoms with Crippen LogP contribution in [0.3, 0.4) is 0 Å². The third-order valence-electron chi connectivity index (χ3n) is 5.97. The van der Waals surface area contributed by atoms with Gasteiger partial charge >= 0.3 is 0 Å². The lowest BCUT2D eigenvalue weighted by Gasteiger charge is -2.34. The van der Waals surface area contributed by atoms with Gasteiger partial charge in [0.05, 0.1) is 19.9 Å². The van der Waals surface area contributed by atoms with Gasteiger partial charge in [0, 0.05) is 36.0 Å². The summed E-state index contributed by atoms with van der Waals surface area (Å²) in [6, 6.07) is 12.9. The Labute approximate surface area is 197 Å². The molecular formula is C24H27N3O5S. The highest BCUT2D eigenvalue weighted by atomic mass is 32.2. The van der Waals surface area contributed by atoms with Crippen molar-refractivity contribution < 1.29 is 23.9 Å². The zero-order chi connectivity index (χ0) is 23.4. The molecule has 1 atom stereocenters. The molecule has 2 aromatic rings. The van der Waals surface area contributed by atoms with Crippen molar-refractivity contribution in [3.8, 4) is 11.5 Å². The third-order valence-corrected chi connectivity index (χ3v) is 7.23. The van der Waals surface area contributed by atoms with Crippen molar-refractivity contribution >= 4 is 35.2 Å². The van der Waals surface area contributed by atoms with Crippen LogP contribution in [0.15, 0.2) is 47.4 Å². The van der Waals surface area contributed by atoms with E-state index in [4.69, 9.17) is 9.47 Å². The van der Waals surface area contributed by atoms with Crippen LogP contribution >= 0.6 is 11.8 Å². The number of nitrogens with zero attached hydrogens (tertiary/aromatic N) is 1. The van der Waals surface area contributed by atoms with Crippen LogP contribution < -0.4 is 20.1 Å². The minimum atomic E-state index is -0.800. The average molecular weight is 470 g/mol. The summed E-state index contributed by atoms with van der Waals surface area (Å²) in [7, 11) is 3.18. The topological polar surface area (TPSA) is 97.0 Å². The smallest absolute Gasteiger partial charge is 0.247 e. The second-order valence-electron chi connectivity index (χ2n) is 7.98. The van der Waals surface area contributed by atoms with E-state index in [1.807, 2.05) is 36.4 Å². The van der Waals surface area contributed by atoms with E-state index in [2.05, 4.69) is 10.6 Å². The number of carbonyl (C=O) groups is 3. The minimum Gasteiger partial charge on any atom is -0.497 e. The number of piperidine rings is 1. The first-order valence-electron chi connectivity index (χ1n) is 10.8. The number of hydrogen-bond donors (Lipinski definition) is 2. The van der Waals surface area contributed by atoms with Gasteiger partial charge in [-0.05, 0) is 43.2 Å². The maximum atomic E-state index is 13.0. The van der Waals surface area contributed by atoms with Crippen LogP contribution in [0.25, 0.3) is 0 Å². The summed E-state index contributed by atoms with van der Waals surface area (Å²) in [5, 5.41) is 4.99. The number of benzene rings is 2. The van der Waals surface area contributed by atoms with Gasteiger partial charge in [-0.25, -0.2) is 0 Å². The number of ether oxygens (including phenoxy) is 2. The molecule has 0 bridgehead atoms. The van der Waals surface area contributed by atoms with E-state index in [0.29, 0.717) is 44.0 Å². The Morgan fingerprint density at radius 2 is 1.88 bits per heavy atom. The molecule has 2 N–H and O–H groups in total. The van der Waals surface area contributed by atoms with Gasteiger partial charge in [-0.1, -0.05) is 12.1 Å². The Morgan fingerprint density at radius 1 is 1.12 bits per heavy atom. The summed E-state index contributed by atoms with van der Waals surface area (Å²) in [6.45, 7) is 1.23. The van der Waals surface area contributed by atoms with Gasteiger partial charge in [0.2, 0.25) is 17.7 Å². The molecule has 1 fully saturated rings. The normalized spacial score (nSPS) is 18.2. The number of nitrogens with one attached hydrogen (secondary N) is 2. The van der Waals surface area contributed by atoms with Gasteiger partial charge in [0.15, 0.2) is 5.25 Å². The first kappa shape index (κ1) is 23.0. The van der Waals surface area contributed by atoms with Crippen LogP contribution in [0, 0.1) is 5.92 Å². The predicted molar refractivity (Wildman–Crippen MR) is 125 cm³/mol. The summed E-state index contributed by atoms with van der Waals surface area (Å²) in [4.78, 5) is 40.8. The Kier molecular flexibility index (Phi) is 7.08. The van der Waals surface area contributed by atoms with Crippen LogP contribution in [0.4, 0.5) is 5.69 Å². The largest absolute Gasteiger partial charge is 0.497 e. The number of likely N-dealkylation sites (tertiary alicyclic amines) is 1. The number of amides is 3. The molecule has 1 unspecified atom stereocenters. The van der Waals surface area contributed by atoms with Gasteiger partial charge < -0.3 is 25.0 Å². The number of fused-ring (bicyclic) bond motifs is 1. The molecule has 0 aromatic heterocycles. The summed E-state index contributed by atoms with van der Waals surface area (Å²) >= 11 is 1.28. The van der Waals surface area contributed by atoms with E-state index in [0.717, 1.165) is 16.1 Å². The summed E-state index contributed by atoms with van der Waals surface area (Å²) in [5.41, 5.74) is 1.57. The fourth-order valence-corrected chi connectivity index (χ4v) is 5.16. The Balaban J connectivity index is 1.30. The van der Waals surface area contributed by atoms with Gasteiger partial charge in [0.1, 0.15) is 11.5 Å². The van der Waals surface area contributed by atoms with Crippen LogP contribution in [0.2, 0.25) is 0 Å². The van der Waals surface area contributed by atoms with E-state index in [1.165, 1.54) is 11.8 Å². The fourth-order valence-electron chi connectivity index (χ4n) is 4.09. The molecule has 0 aliphatic carbocycles. The molecule has 0 radical (unpaired) electrons. The number of thioether (sulfide) groups is 1. The highest BCUT2D eigenvalue weighted by Crippen LogP contribution is 2.36. The highest BCUT2D eigenvalue weighted by Gasteiger charge is 2.37. The van der Waals surface area contributed by atoms with E-state index in [1.54, 1.807) is 25.2 Å². The number of carbonyl (C=O) groups excluding carboxylic acids is 3. The molecule has 0 spiro atoms. The van der Waals surface area contributed by atoms with E-state index in [9.17, 15) is 14.4 Å². The lowest BCUT2D eigenvalue weighted by atomic mass is 9.95. The fraction of sp³-hybridized carbons (Fsp3) is 0.375. The second-order valence-corrected chi connectivity index (χ2v) is 9.13. The predicted octanol–water partition coefficient (Wildman–Crippen LogP) is 2.67. The van der Waals surface area contributed by atoms with E-state index < -0.39 is 5.25 Å². The van der Waals surface area contributed by atoms with Crippen LogP contribution in [-0.4, -0.2) is 55.2 Å². The molecule has 2 aromatic carbocycles. The number of rotatable bonds is 6. The molecule has 2 aliphatic heterocycles. The van der Waals surface area contributed by atoms with Crippen LogP contribution in [0.5, 0.6) is 11.5 Å². The zero-order valence-electron chi connectivity index (χ0n) is 18.6. The van der Waals surface area contributed by atoms with Crippen molar-refractivity contribution in [2.45, 2.75) is 29.5 Å². The molecule has 8 nitrogen and oxygen atoms in total. The van der Waals surface area contributed by atoms with Crippen LogP contribution in [0.1, 0.15) is 18.4 Å². The van der Waals surface area contributed by atoms with Crippen LogP contribution in [-0.2, 0) is 20.9 Å². The Bertz CT molecular complexity index is 1050. The highest BCUT2D eigenvalue weighted by molar-refractivity contribution is 8.01. The lowest BCUT2D eigenvalue weighted by Crippen LogP contribution is -2.49. The number of anilines is 1. The molecule has 33 heavy (non-hydrogen) atoms. The van der Waals surface area contributed by atoms with E-state index >= 15 is 0 Å². The van der Waals surface area contributed by atoms with Gasteiger partial charge in [0.25, 0.3) is 0 Å². The van der Waals surface area contributed by atoms with Gasteiger partial charge in [-0.15, -0.1) is 11.8 Å². The average Bonchev–Trinajstić information content (AvgIpc) is 2.86. The standard InChI is InChI=1S/C24H27N3O5S/c1-31-17-7-8-19(32-2)16(13-17)14-25-22(28)15-9-11-27(12-10-15)24(30)21-23(29)26-18-5-3-4-6-20(18)33-21/h3-8,13,15,21H,9-12,14H2,1-2H3,(H,25,28)(H,26,29). The van der Waals surface area contributed by atoms with E-state index in [-0.39, 0.29) is 23.6 Å². The monoisotopic (exact) mass is 469 g/mol. The minimum absolute atomic E-state index is 0.0503. The molecule has 4 rings (SSSR count). The molecule has 3 amide bonds. The first-order chi connectivity index (χ1) is 16.0. The summed E-state index contributed by atoms with van der Waals surface area (Å²) in [5.74, 6) is 0.646. The van der Waals surface area contributed by atoms with Crippen molar-refractivity contribution in [2.24, 2.45) is 5.92 Å². The zero-order valence-corrected chi connectivity index (χ0v) is 19.4. The van der Waals surface area contributed by atoms with Crippen molar-refractivity contribution in [3.05, 3.63) is 48.0 Å². The summed E-state index contributed by atoms with van der Waals surface area (Å²) < 4.78 is 10.6. The molecule has 2 heterocycles. The molecule has 1 saturated heterocycles. The maximum absolute atomic E-state index is 13.0. The SMILES string of the molecule is COc1ccc(OC)c(CNC(=O)C2CCN(C(=O)C3Sc4ccccc4NC3=O)CC2)c1. The first-order valence-corrected chi connectivity index (χ1v) is 11.7. The second kappa shape index (κ2) is 10.2. The van der Waals surface area contributed by atoms with Crippen molar-refractivity contribution in [1.82, 2.24) is 10.2 Å². The molecule has 9 heteroatoms.